The molecule has 0 aromatic carbocycles. The summed E-state index contributed by atoms with van der Waals surface area (Å²) < 4.78 is 4.81. The molecule has 118 valence electrons. The van der Waals surface area contributed by atoms with Crippen LogP contribution in [0.15, 0.2) is 0 Å². The number of urea groups is 1. The van der Waals surface area contributed by atoms with Gasteiger partial charge in [-0.1, -0.05) is 6.92 Å². The number of carbonyl (C=O) groups is 4. The summed E-state index contributed by atoms with van der Waals surface area (Å²) in [6, 6.07) is -0.499. The molecule has 8 nitrogen and oxygen atoms in total. The second-order valence-electron chi connectivity index (χ2n) is 4.74. The third kappa shape index (κ3) is 4.44. The predicted octanol–water partition coefficient (Wildman–Crippen LogP) is -0.318. The molecule has 4 amide bonds. The quantitative estimate of drug-likeness (QED) is 0.475. The number of imide groups is 1. The van der Waals surface area contributed by atoms with E-state index in [1.807, 2.05) is 6.92 Å². The van der Waals surface area contributed by atoms with E-state index in [1.54, 1.807) is 6.92 Å². The van der Waals surface area contributed by atoms with Crippen LogP contribution in [-0.2, 0) is 19.1 Å². The van der Waals surface area contributed by atoms with Crippen LogP contribution in [0, 0.1) is 0 Å². The van der Waals surface area contributed by atoms with Crippen LogP contribution in [0.5, 0.6) is 0 Å². The Labute approximate surface area is 123 Å². The molecule has 0 unspecified atom stereocenters. The largest absolute Gasteiger partial charge is 0.465 e. The van der Waals surface area contributed by atoms with Gasteiger partial charge in [0.2, 0.25) is 5.91 Å². The second-order valence-corrected chi connectivity index (χ2v) is 4.74. The average molecular weight is 299 g/mol. The Bertz CT molecular complexity index is 438. The second kappa shape index (κ2) is 7.61. The normalized spacial score (nSPS) is 14.6. The lowest BCUT2D eigenvalue weighted by molar-refractivity contribution is -0.149. The van der Waals surface area contributed by atoms with Crippen LogP contribution in [0.2, 0.25) is 0 Å². The third-order valence-corrected chi connectivity index (χ3v) is 3.00. The minimum atomic E-state index is -0.504. The van der Waals surface area contributed by atoms with Crippen molar-refractivity contribution in [2.45, 2.75) is 20.3 Å². The number of rotatable bonds is 7. The lowest BCUT2D eigenvalue weighted by atomic mass is 10.3. The van der Waals surface area contributed by atoms with Crippen molar-refractivity contribution in [2.24, 2.45) is 0 Å². The lowest BCUT2D eigenvalue weighted by Crippen LogP contribution is -2.45. The summed E-state index contributed by atoms with van der Waals surface area (Å²) in [7, 11) is 1.49. The van der Waals surface area contributed by atoms with Crippen LogP contribution in [-0.4, -0.2) is 78.3 Å². The molecule has 0 bridgehead atoms. The van der Waals surface area contributed by atoms with E-state index in [9.17, 15) is 19.2 Å². The van der Waals surface area contributed by atoms with Gasteiger partial charge in [-0.2, -0.15) is 0 Å². The van der Waals surface area contributed by atoms with Gasteiger partial charge in [-0.3, -0.25) is 19.3 Å². The summed E-state index contributed by atoms with van der Waals surface area (Å²) in [4.78, 5) is 50.5. The van der Waals surface area contributed by atoms with Gasteiger partial charge >= 0.3 is 12.0 Å². The standard InChI is InChI=1S/C13H21N3O5/c1-4-6-15(9-12(19)21-5-2)10(17)8-16-11(18)7-14(3)13(16)20/h4-9H2,1-3H3. The molecule has 0 N–H and O–H groups in total. The highest BCUT2D eigenvalue weighted by Crippen LogP contribution is 2.08. The van der Waals surface area contributed by atoms with E-state index < -0.39 is 23.8 Å². The highest BCUT2D eigenvalue weighted by Gasteiger charge is 2.35. The summed E-state index contributed by atoms with van der Waals surface area (Å²) in [6.45, 7) is 3.60. The van der Waals surface area contributed by atoms with Crippen molar-refractivity contribution in [2.75, 3.05) is 39.8 Å². The molecule has 1 rings (SSSR count). The number of nitrogens with zero attached hydrogens (tertiary/aromatic N) is 3. The third-order valence-electron chi connectivity index (χ3n) is 3.00. The van der Waals surface area contributed by atoms with Crippen molar-refractivity contribution in [3.63, 3.8) is 0 Å². The van der Waals surface area contributed by atoms with E-state index in [0.29, 0.717) is 13.0 Å². The van der Waals surface area contributed by atoms with Gasteiger partial charge in [-0.05, 0) is 13.3 Å². The highest BCUT2D eigenvalue weighted by atomic mass is 16.5. The molecule has 0 saturated carbocycles. The minimum absolute atomic E-state index is 0.0300. The maximum Gasteiger partial charge on any atom is 0.327 e. The molecule has 8 heteroatoms. The summed E-state index contributed by atoms with van der Waals surface area (Å²) >= 11 is 0. The first-order valence-electron chi connectivity index (χ1n) is 6.89. The number of ether oxygens (including phenoxy) is 1. The van der Waals surface area contributed by atoms with Gasteiger partial charge in [0, 0.05) is 13.6 Å². The molecule has 1 aliphatic heterocycles. The molecule has 0 atom stereocenters. The van der Waals surface area contributed by atoms with Gasteiger partial charge in [0.05, 0.1) is 6.61 Å². The van der Waals surface area contributed by atoms with Crippen LogP contribution >= 0.6 is 0 Å². The van der Waals surface area contributed by atoms with E-state index in [1.165, 1.54) is 16.8 Å². The lowest BCUT2D eigenvalue weighted by Gasteiger charge is -2.23. The zero-order chi connectivity index (χ0) is 16.0. The molecule has 0 aliphatic carbocycles. The van der Waals surface area contributed by atoms with Crippen LogP contribution in [0.3, 0.4) is 0 Å². The van der Waals surface area contributed by atoms with E-state index in [-0.39, 0.29) is 26.2 Å². The molecule has 1 aliphatic rings. The zero-order valence-corrected chi connectivity index (χ0v) is 12.6. The Morgan fingerprint density at radius 2 is 1.95 bits per heavy atom. The molecule has 1 saturated heterocycles. The molecule has 1 heterocycles. The minimum Gasteiger partial charge on any atom is -0.465 e. The Hall–Kier alpha value is -2.12. The summed E-state index contributed by atoms with van der Waals surface area (Å²) in [5.41, 5.74) is 0. The number of likely N-dealkylation sites (N-methyl/N-ethyl adjacent to an activating group) is 1. The molecule has 21 heavy (non-hydrogen) atoms. The van der Waals surface area contributed by atoms with Crippen LogP contribution in [0.1, 0.15) is 20.3 Å². The first kappa shape index (κ1) is 16.9. The maximum absolute atomic E-state index is 12.2. The summed E-state index contributed by atoms with van der Waals surface area (Å²) in [5, 5.41) is 0. The molecule has 0 spiro atoms. The van der Waals surface area contributed by atoms with Gasteiger partial charge in [-0.15, -0.1) is 0 Å². The maximum atomic E-state index is 12.2. The summed E-state index contributed by atoms with van der Waals surface area (Å²) in [6.07, 6.45) is 0.660. The van der Waals surface area contributed by atoms with Gasteiger partial charge in [0.25, 0.3) is 5.91 Å². The Morgan fingerprint density at radius 3 is 2.43 bits per heavy atom. The Morgan fingerprint density at radius 1 is 1.29 bits per heavy atom. The first-order valence-corrected chi connectivity index (χ1v) is 6.89. The smallest absolute Gasteiger partial charge is 0.327 e. The molecule has 0 radical (unpaired) electrons. The first-order chi connectivity index (χ1) is 9.90. The van der Waals surface area contributed by atoms with Crippen molar-refractivity contribution < 1.29 is 23.9 Å². The Balaban J connectivity index is 2.66. The van der Waals surface area contributed by atoms with Crippen LogP contribution in [0.25, 0.3) is 0 Å². The fourth-order valence-electron chi connectivity index (χ4n) is 1.98. The molecule has 0 aromatic rings. The zero-order valence-electron chi connectivity index (χ0n) is 12.6. The monoisotopic (exact) mass is 299 g/mol. The fourth-order valence-corrected chi connectivity index (χ4v) is 1.98. The molecular formula is C13H21N3O5. The molecule has 0 aromatic heterocycles. The number of amides is 4. The van der Waals surface area contributed by atoms with E-state index in [2.05, 4.69) is 0 Å². The van der Waals surface area contributed by atoms with Crippen LogP contribution in [0.4, 0.5) is 4.79 Å². The van der Waals surface area contributed by atoms with E-state index in [4.69, 9.17) is 4.74 Å². The van der Waals surface area contributed by atoms with Gasteiger partial charge in [0.1, 0.15) is 19.6 Å². The van der Waals surface area contributed by atoms with Crippen molar-refractivity contribution in [3.8, 4) is 0 Å². The van der Waals surface area contributed by atoms with Crippen LogP contribution < -0.4 is 0 Å². The number of hydrogen-bond donors (Lipinski definition) is 0. The summed E-state index contributed by atoms with van der Waals surface area (Å²) in [5.74, 6) is -1.36. The van der Waals surface area contributed by atoms with Gasteiger partial charge < -0.3 is 14.5 Å². The average Bonchev–Trinajstić information content (AvgIpc) is 2.65. The Kier molecular flexibility index (Phi) is 6.13. The number of esters is 1. The van der Waals surface area contributed by atoms with Crippen molar-refractivity contribution >= 4 is 23.8 Å². The topological polar surface area (TPSA) is 87.2 Å². The van der Waals surface area contributed by atoms with Gasteiger partial charge in [-0.25, -0.2) is 4.79 Å². The number of hydrogen-bond acceptors (Lipinski definition) is 5. The van der Waals surface area contributed by atoms with Crippen molar-refractivity contribution in [1.29, 1.82) is 0 Å². The van der Waals surface area contributed by atoms with Crippen molar-refractivity contribution in [3.05, 3.63) is 0 Å². The van der Waals surface area contributed by atoms with Gasteiger partial charge in [0.15, 0.2) is 0 Å². The van der Waals surface area contributed by atoms with E-state index >= 15 is 0 Å². The SMILES string of the molecule is CCCN(CC(=O)OCC)C(=O)CN1C(=O)CN(C)C1=O. The highest BCUT2D eigenvalue weighted by molar-refractivity contribution is 6.04. The molecular weight excluding hydrogens is 278 g/mol. The predicted molar refractivity (Wildman–Crippen MR) is 73.2 cm³/mol. The van der Waals surface area contributed by atoms with E-state index in [0.717, 1.165) is 4.90 Å². The van der Waals surface area contributed by atoms with Crippen molar-refractivity contribution in [1.82, 2.24) is 14.7 Å². The fraction of sp³-hybridized carbons (Fsp3) is 0.692. The molecule has 1 fully saturated rings. The number of carbonyl (C=O) groups excluding carboxylic acids is 4.